The molecule has 77 heavy (non-hydrogen) atoms. The molecular weight excluding hydrogens is 929 g/mol. The Morgan fingerprint density at radius 1 is 0.260 bits per heavy atom. The fourth-order valence-corrected chi connectivity index (χ4v) is 13.2. The van der Waals surface area contributed by atoms with Crippen molar-refractivity contribution < 1.29 is 0 Å². The number of para-hydroxylation sites is 2. The van der Waals surface area contributed by atoms with Gasteiger partial charge in [0.15, 0.2) is 0 Å². The number of rotatable bonds is 10. The summed E-state index contributed by atoms with van der Waals surface area (Å²) < 4.78 is 0. The first-order valence-corrected chi connectivity index (χ1v) is 27.3. The van der Waals surface area contributed by atoms with Gasteiger partial charge in [0, 0.05) is 34.1 Å². The molecule has 0 amide bonds. The minimum absolute atomic E-state index is 0.254. The van der Waals surface area contributed by atoms with Crippen LogP contribution in [0.5, 0.6) is 0 Å². The van der Waals surface area contributed by atoms with Crippen molar-refractivity contribution in [3.63, 3.8) is 0 Å². The lowest BCUT2D eigenvalue weighted by Gasteiger charge is -2.34. The standard InChI is InChI=1S/C75H58N2/c1-49(2)65-47-69-70-48-66(50(3)4)68-46-60(77(56-31-15-8-16-32-56)58-34-22-28-54(44-58)52-25-11-6-12-26-52)40-42-64(68)74(70)75(71-37-19-17-35-61(71)62-36-18-20-38-72(62)75)73(69)63-41-39-59(45-67(63)65)76(55-29-13-7-14-30-55)57-33-21-27-53(43-57)51-23-9-5-10-24-51/h5-50H,1-4H3. The molecule has 368 valence electrons. The molecule has 0 aromatic heterocycles. The van der Waals surface area contributed by atoms with Crippen LogP contribution in [0.25, 0.3) is 66.1 Å². The van der Waals surface area contributed by atoms with Gasteiger partial charge in [-0.2, -0.15) is 0 Å². The second-order valence-electron chi connectivity index (χ2n) is 21.6. The van der Waals surface area contributed by atoms with Crippen molar-refractivity contribution in [3.05, 3.63) is 300 Å². The summed E-state index contributed by atoms with van der Waals surface area (Å²) in [5.74, 6) is 0.509. The lowest BCUT2D eigenvalue weighted by atomic mass is 9.67. The SMILES string of the molecule is CC(C)c1cc2c(c3ccc(N(c4ccccc4)c4cccc(-c5ccccc5)c4)cc13)C1(c3ccccc3-c3ccccc31)c1c-2cc(C(C)C)c2cc(N(c3ccccc3)c3cccc(-c4ccccc4)c3)ccc12. The average Bonchev–Trinajstić information content (AvgIpc) is 3.64. The maximum atomic E-state index is 2.59. The third-order valence-electron chi connectivity index (χ3n) is 16.5. The molecule has 0 aliphatic heterocycles. The quantitative estimate of drug-likeness (QED) is 0.135. The summed E-state index contributed by atoms with van der Waals surface area (Å²) in [7, 11) is 0. The minimum atomic E-state index is -0.603. The number of benzene rings is 12. The van der Waals surface area contributed by atoms with Crippen molar-refractivity contribution in [2.45, 2.75) is 44.9 Å². The molecule has 0 radical (unpaired) electrons. The van der Waals surface area contributed by atoms with Crippen LogP contribution in [-0.2, 0) is 5.41 Å². The Morgan fingerprint density at radius 2 is 0.597 bits per heavy atom. The molecule has 0 N–H and O–H groups in total. The van der Waals surface area contributed by atoms with Crippen LogP contribution in [0, 0.1) is 0 Å². The first kappa shape index (κ1) is 46.3. The molecule has 0 fully saturated rings. The van der Waals surface area contributed by atoms with Crippen LogP contribution in [0.1, 0.15) is 72.9 Å². The topological polar surface area (TPSA) is 6.48 Å². The molecule has 0 unspecified atom stereocenters. The summed E-state index contributed by atoms with van der Waals surface area (Å²) in [4.78, 5) is 4.87. The highest BCUT2D eigenvalue weighted by molar-refractivity contribution is 6.12. The molecule has 2 nitrogen and oxygen atoms in total. The molecule has 0 bridgehead atoms. The van der Waals surface area contributed by atoms with E-state index in [9.17, 15) is 0 Å². The lowest BCUT2D eigenvalue weighted by Crippen LogP contribution is -2.27. The molecule has 0 saturated heterocycles. The molecule has 0 atom stereocenters. The molecule has 14 rings (SSSR count). The van der Waals surface area contributed by atoms with E-state index in [1.807, 2.05) is 0 Å². The van der Waals surface area contributed by atoms with Gasteiger partial charge < -0.3 is 9.80 Å². The molecule has 12 aromatic carbocycles. The Balaban J connectivity index is 1.04. The first-order valence-electron chi connectivity index (χ1n) is 27.3. The van der Waals surface area contributed by atoms with Gasteiger partial charge in [0.1, 0.15) is 0 Å². The number of fused-ring (bicyclic) bond motifs is 14. The fourth-order valence-electron chi connectivity index (χ4n) is 13.2. The highest BCUT2D eigenvalue weighted by Crippen LogP contribution is 2.66. The Morgan fingerprint density at radius 3 is 1.00 bits per heavy atom. The van der Waals surface area contributed by atoms with E-state index in [4.69, 9.17) is 0 Å². The maximum absolute atomic E-state index is 2.59. The van der Waals surface area contributed by atoms with Gasteiger partial charge in [-0.15, -0.1) is 0 Å². The largest absolute Gasteiger partial charge is 0.310 e. The summed E-state index contributed by atoms with van der Waals surface area (Å²) in [6.45, 7) is 9.47. The Labute approximate surface area is 452 Å². The Hall–Kier alpha value is -9.24. The van der Waals surface area contributed by atoms with Crippen molar-refractivity contribution in [1.82, 2.24) is 0 Å². The number of hydrogen-bond acceptors (Lipinski definition) is 2. The van der Waals surface area contributed by atoms with Gasteiger partial charge >= 0.3 is 0 Å². The third kappa shape index (κ3) is 7.38. The monoisotopic (exact) mass is 986 g/mol. The number of nitrogens with zero attached hydrogens (tertiary/aromatic N) is 2. The minimum Gasteiger partial charge on any atom is -0.310 e. The number of anilines is 6. The van der Waals surface area contributed by atoms with E-state index in [-0.39, 0.29) is 11.8 Å². The van der Waals surface area contributed by atoms with Crippen LogP contribution in [-0.4, -0.2) is 0 Å². The summed E-state index contributed by atoms with van der Waals surface area (Å²) in [5.41, 5.74) is 24.3. The molecule has 1 spiro atoms. The maximum Gasteiger partial charge on any atom is 0.0737 e. The van der Waals surface area contributed by atoms with Gasteiger partial charge in [-0.05, 0) is 196 Å². The first-order chi connectivity index (χ1) is 37.9. The molecular formula is C75H58N2. The van der Waals surface area contributed by atoms with Crippen molar-refractivity contribution >= 4 is 55.7 Å². The second kappa shape index (κ2) is 18.5. The van der Waals surface area contributed by atoms with Crippen molar-refractivity contribution in [1.29, 1.82) is 0 Å². The van der Waals surface area contributed by atoms with E-state index in [1.165, 1.54) is 99.4 Å². The van der Waals surface area contributed by atoms with Crippen LogP contribution >= 0.6 is 0 Å². The predicted molar refractivity (Wildman–Crippen MR) is 326 cm³/mol. The molecule has 0 saturated carbocycles. The van der Waals surface area contributed by atoms with Gasteiger partial charge in [-0.25, -0.2) is 0 Å². The van der Waals surface area contributed by atoms with E-state index in [1.54, 1.807) is 0 Å². The van der Waals surface area contributed by atoms with Crippen LogP contribution in [0.15, 0.2) is 267 Å². The van der Waals surface area contributed by atoms with Gasteiger partial charge in [0.05, 0.1) is 5.41 Å². The predicted octanol–water partition coefficient (Wildman–Crippen LogP) is 20.9. The van der Waals surface area contributed by atoms with Crippen molar-refractivity contribution in [3.8, 4) is 44.5 Å². The van der Waals surface area contributed by atoms with Crippen LogP contribution in [0.4, 0.5) is 34.1 Å². The Kier molecular flexibility index (Phi) is 11.2. The summed E-state index contributed by atoms with van der Waals surface area (Å²) in [6, 6.07) is 99.5. The van der Waals surface area contributed by atoms with Crippen LogP contribution < -0.4 is 9.80 Å². The van der Waals surface area contributed by atoms with E-state index < -0.39 is 5.41 Å². The molecule has 2 aliphatic carbocycles. The molecule has 0 heterocycles. The second-order valence-corrected chi connectivity index (χ2v) is 21.6. The van der Waals surface area contributed by atoms with Crippen LogP contribution in [0.2, 0.25) is 0 Å². The van der Waals surface area contributed by atoms with Crippen molar-refractivity contribution in [2.75, 3.05) is 9.80 Å². The highest BCUT2D eigenvalue weighted by atomic mass is 15.1. The summed E-state index contributed by atoms with van der Waals surface area (Å²) >= 11 is 0. The summed E-state index contributed by atoms with van der Waals surface area (Å²) in [6.07, 6.45) is 0. The zero-order valence-corrected chi connectivity index (χ0v) is 44.0. The molecule has 2 aliphatic rings. The van der Waals surface area contributed by atoms with Crippen LogP contribution in [0.3, 0.4) is 0 Å². The van der Waals surface area contributed by atoms with E-state index >= 15 is 0 Å². The van der Waals surface area contributed by atoms with Crippen molar-refractivity contribution in [2.24, 2.45) is 0 Å². The van der Waals surface area contributed by atoms with E-state index in [0.29, 0.717) is 0 Å². The lowest BCUT2D eigenvalue weighted by molar-refractivity contribution is 0.806. The van der Waals surface area contributed by atoms with Gasteiger partial charge in [0.2, 0.25) is 0 Å². The summed E-state index contributed by atoms with van der Waals surface area (Å²) in [5, 5.41) is 5.18. The number of hydrogen-bond donors (Lipinski definition) is 0. The average molecular weight is 987 g/mol. The fraction of sp³-hybridized carbons (Fsp3) is 0.0933. The van der Waals surface area contributed by atoms with Gasteiger partial charge in [-0.3, -0.25) is 0 Å². The third-order valence-corrected chi connectivity index (χ3v) is 16.5. The van der Waals surface area contributed by atoms with E-state index in [0.717, 1.165) is 34.1 Å². The smallest absolute Gasteiger partial charge is 0.0737 e. The zero-order chi connectivity index (χ0) is 51.8. The van der Waals surface area contributed by atoms with Gasteiger partial charge in [-0.1, -0.05) is 210 Å². The zero-order valence-electron chi connectivity index (χ0n) is 44.0. The highest BCUT2D eigenvalue weighted by Gasteiger charge is 2.54. The molecule has 2 heteroatoms. The van der Waals surface area contributed by atoms with Gasteiger partial charge in [0.25, 0.3) is 0 Å². The molecule has 12 aromatic rings. The van der Waals surface area contributed by atoms with E-state index in [2.05, 4.69) is 304 Å². The Bertz CT molecular complexity index is 3940. The normalized spacial score (nSPS) is 12.8.